The van der Waals surface area contributed by atoms with Crippen LogP contribution in [0.3, 0.4) is 0 Å². The molecular weight excluding hydrogens is 260 g/mol. The first-order chi connectivity index (χ1) is 9.51. The van der Waals surface area contributed by atoms with Crippen molar-refractivity contribution in [2.45, 2.75) is 6.42 Å². The van der Waals surface area contributed by atoms with Crippen LogP contribution in [-0.4, -0.2) is 15.2 Å². The van der Waals surface area contributed by atoms with Gasteiger partial charge in [-0.05, 0) is 6.07 Å². The number of rotatable bonds is 0. The van der Waals surface area contributed by atoms with Crippen molar-refractivity contribution in [2.75, 3.05) is 11.5 Å². The molecule has 2 heterocycles. The SMILES string of the molecule is N#Cc1c(N)nc2c(c1N)Oc1cc(O)c(O)cc1C2. The van der Waals surface area contributed by atoms with E-state index in [1.54, 1.807) is 0 Å². The maximum absolute atomic E-state index is 9.50. The number of nitrogens with zero attached hydrogens (tertiary/aromatic N) is 2. The molecule has 3 rings (SSSR count). The van der Waals surface area contributed by atoms with E-state index in [0.717, 1.165) is 0 Å². The normalized spacial score (nSPS) is 11.9. The van der Waals surface area contributed by atoms with E-state index in [9.17, 15) is 10.2 Å². The van der Waals surface area contributed by atoms with Gasteiger partial charge >= 0.3 is 0 Å². The fourth-order valence-electron chi connectivity index (χ4n) is 2.13. The van der Waals surface area contributed by atoms with Crippen LogP contribution < -0.4 is 16.2 Å². The number of hydrogen-bond acceptors (Lipinski definition) is 7. The molecule has 0 radical (unpaired) electrons. The summed E-state index contributed by atoms with van der Waals surface area (Å²) in [6, 6.07) is 4.55. The molecule has 0 fully saturated rings. The minimum absolute atomic E-state index is 0.0406. The predicted molar refractivity (Wildman–Crippen MR) is 70.4 cm³/mol. The summed E-state index contributed by atoms with van der Waals surface area (Å²) in [6.45, 7) is 0. The summed E-state index contributed by atoms with van der Waals surface area (Å²) in [4.78, 5) is 4.10. The average Bonchev–Trinajstić information content (AvgIpc) is 2.39. The van der Waals surface area contributed by atoms with Crippen molar-refractivity contribution < 1.29 is 14.9 Å². The third-order valence-corrected chi connectivity index (χ3v) is 3.13. The van der Waals surface area contributed by atoms with Crippen LogP contribution in [0.1, 0.15) is 16.8 Å². The van der Waals surface area contributed by atoms with Gasteiger partial charge in [-0.1, -0.05) is 0 Å². The topological polar surface area (TPSA) is 138 Å². The van der Waals surface area contributed by atoms with Crippen molar-refractivity contribution in [2.24, 2.45) is 0 Å². The highest BCUT2D eigenvalue weighted by Gasteiger charge is 2.25. The Labute approximate surface area is 113 Å². The van der Waals surface area contributed by atoms with Crippen molar-refractivity contribution in [3.8, 4) is 29.1 Å². The van der Waals surface area contributed by atoms with Gasteiger partial charge in [0.05, 0.1) is 11.4 Å². The quantitative estimate of drug-likeness (QED) is 0.450. The van der Waals surface area contributed by atoms with E-state index in [0.29, 0.717) is 23.4 Å². The van der Waals surface area contributed by atoms with Gasteiger partial charge in [-0.2, -0.15) is 5.26 Å². The summed E-state index contributed by atoms with van der Waals surface area (Å²) in [5, 5.41) is 28.0. The number of anilines is 2. The molecule has 0 amide bonds. The highest BCUT2D eigenvalue weighted by Crippen LogP contribution is 2.44. The van der Waals surface area contributed by atoms with Crippen LogP contribution in [0.25, 0.3) is 0 Å². The maximum Gasteiger partial charge on any atom is 0.173 e. The molecule has 0 spiro atoms. The van der Waals surface area contributed by atoms with Gasteiger partial charge in [0.1, 0.15) is 23.2 Å². The van der Waals surface area contributed by atoms with E-state index in [1.807, 2.05) is 6.07 Å². The molecule has 1 aliphatic heterocycles. The Kier molecular flexibility index (Phi) is 2.34. The maximum atomic E-state index is 9.50. The van der Waals surface area contributed by atoms with Crippen LogP contribution in [-0.2, 0) is 6.42 Å². The summed E-state index contributed by atoms with van der Waals surface area (Å²) < 4.78 is 5.58. The Bertz CT molecular complexity index is 780. The second-order valence-electron chi connectivity index (χ2n) is 4.40. The molecule has 1 aliphatic rings. The highest BCUT2D eigenvalue weighted by molar-refractivity contribution is 5.74. The van der Waals surface area contributed by atoms with Gasteiger partial charge in [-0.25, -0.2) is 4.98 Å². The van der Waals surface area contributed by atoms with Gasteiger partial charge in [0.15, 0.2) is 17.2 Å². The summed E-state index contributed by atoms with van der Waals surface area (Å²) in [6.07, 6.45) is 0.332. The number of hydrogen-bond donors (Lipinski definition) is 4. The number of phenols is 2. The molecule has 0 aliphatic carbocycles. The van der Waals surface area contributed by atoms with Crippen molar-refractivity contribution in [3.63, 3.8) is 0 Å². The number of nitrogens with two attached hydrogens (primary N) is 2. The molecule has 0 atom stereocenters. The number of aromatic hydroxyl groups is 2. The Balaban J connectivity index is 2.18. The van der Waals surface area contributed by atoms with Crippen LogP contribution >= 0.6 is 0 Å². The lowest BCUT2D eigenvalue weighted by Gasteiger charge is -2.22. The largest absolute Gasteiger partial charge is 0.504 e. The van der Waals surface area contributed by atoms with Crippen LogP contribution in [0.5, 0.6) is 23.0 Å². The molecule has 1 aromatic heterocycles. The summed E-state index contributed by atoms with van der Waals surface area (Å²) >= 11 is 0. The number of nitrogen functional groups attached to an aromatic ring is 2. The number of fused-ring (bicyclic) bond motifs is 2. The molecule has 0 unspecified atom stereocenters. The lowest BCUT2D eigenvalue weighted by Crippen LogP contribution is -2.11. The summed E-state index contributed by atoms with van der Waals surface area (Å²) in [5.74, 6) is 0.113. The molecule has 6 N–H and O–H groups in total. The Morgan fingerprint density at radius 3 is 2.65 bits per heavy atom. The van der Waals surface area contributed by atoms with E-state index in [2.05, 4.69) is 4.98 Å². The first-order valence-electron chi connectivity index (χ1n) is 5.72. The second-order valence-corrected chi connectivity index (χ2v) is 4.40. The molecule has 7 nitrogen and oxygen atoms in total. The molecular formula is C13H10N4O3. The van der Waals surface area contributed by atoms with Crippen LogP contribution in [0.2, 0.25) is 0 Å². The van der Waals surface area contributed by atoms with E-state index in [1.165, 1.54) is 12.1 Å². The Hall–Kier alpha value is -3.14. The van der Waals surface area contributed by atoms with E-state index in [4.69, 9.17) is 21.5 Å². The minimum atomic E-state index is -0.297. The average molecular weight is 270 g/mol. The van der Waals surface area contributed by atoms with E-state index in [-0.39, 0.29) is 34.3 Å². The third kappa shape index (κ3) is 1.55. The molecule has 20 heavy (non-hydrogen) atoms. The highest BCUT2D eigenvalue weighted by atomic mass is 16.5. The first kappa shape index (κ1) is 11.9. The zero-order chi connectivity index (χ0) is 14.4. The number of pyridine rings is 1. The fourth-order valence-corrected chi connectivity index (χ4v) is 2.13. The van der Waals surface area contributed by atoms with Gasteiger partial charge in [0, 0.05) is 18.1 Å². The second kappa shape index (κ2) is 3.93. The van der Waals surface area contributed by atoms with Gasteiger partial charge in [0.2, 0.25) is 0 Å². The molecule has 1 aromatic carbocycles. The zero-order valence-electron chi connectivity index (χ0n) is 10.2. The van der Waals surface area contributed by atoms with Crippen LogP contribution in [0, 0.1) is 11.3 Å². The predicted octanol–water partition coefficient (Wildman–Crippen LogP) is 1.23. The molecule has 100 valence electrons. The first-order valence-corrected chi connectivity index (χ1v) is 5.72. The number of nitriles is 1. The van der Waals surface area contributed by atoms with Crippen LogP contribution in [0.4, 0.5) is 11.5 Å². The number of phenolic OH excluding ortho intramolecular Hbond substituents is 2. The van der Waals surface area contributed by atoms with Crippen molar-refractivity contribution in [1.29, 1.82) is 5.26 Å². The summed E-state index contributed by atoms with van der Waals surface area (Å²) in [5.41, 5.74) is 12.8. The molecule has 0 saturated heterocycles. The number of benzene rings is 1. The lowest BCUT2D eigenvalue weighted by atomic mass is 10.0. The Morgan fingerprint density at radius 1 is 1.25 bits per heavy atom. The van der Waals surface area contributed by atoms with Crippen molar-refractivity contribution in [3.05, 3.63) is 29.0 Å². The number of ether oxygens (including phenoxy) is 1. The van der Waals surface area contributed by atoms with Crippen molar-refractivity contribution in [1.82, 2.24) is 4.98 Å². The molecule has 7 heteroatoms. The molecule has 0 saturated carbocycles. The number of aromatic nitrogens is 1. The monoisotopic (exact) mass is 270 g/mol. The van der Waals surface area contributed by atoms with Gasteiger partial charge < -0.3 is 26.4 Å². The third-order valence-electron chi connectivity index (χ3n) is 3.13. The standard InChI is InChI=1S/C13H10N4O3/c14-4-6-11(15)12-7(17-13(6)16)1-5-2-8(18)9(19)3-10(5)20-12/h2-3,18-19H,1H2,(H4,15,16,17). The van der Waals surface area contributed by atoms with Gasteiger partial charge in [-0.15, -0.1) is 0 Å². The fraction of sp³-hybridized carbons (Fsp3) is 0.0769. The lowest BCUT2D eigenvalue weighted by molar-refractivity contribution is 0.393. The smallest absolute Gasteiger partial charge is 0.173 e. The van der Waals surface area contributed by atoms with Gasteiger partial charge in [-0.3, -0.25) is 0 Å². The summed E-state index contributed by atoms with van der Waals surface area (Å²) in [7, 11) is 0. The molecule has 2 aromatic rings. The Morgan fingerprint density at radius 2 is 1.95 bits per heavy atom. The van der Waals surface area contributed by atoms with Gasteiger partial charge in [0.25, 0.3) is 0 Å². The minimum Gasteiger partial charge on any atom is -0.504 e. The van der Waals surface area contributed by atoms with E-state index < -0.39 is 0 Å². The van der Waals surface area contributed by atoms with Crippen LogP contribution in [0.15, 0.2) is 12.1 Å². The zero-order valence-corrected chi connectivity index (χ0v) is 10.2. The van der Waals surface area contributed by atoms with Crippen molar-refractivity contribution >= 4 is 11.5 Å². The van der Waals surface area contributed by atoms with E-state index >= 15 is 0 Å². The molecule has 0 bridgehead atoms.